The van der Waals surface area contributed by atoms with Crippen LogP contribution >= 0.6 is 11.6 Å². The van der Waals surface area contributed by atoms with Crippen molar-refractivity contribution in [1.82, 2.24) is 0 Å². The number of para-hydroxylation sites is 1. The van der Waals surface area contributed by atoms with Crippen LogP contribution in [-0.4, -0.2) is 18.5 Å². The summed E-state index contributed by atoms with van der Waals surface area (Å²) in [5.41, 5.74) is 2.48. The number of benzene rings is 2. The first-order valence-corrected chi connectivity index (χ1v) is 8.54. The fourth-order valence-electron chi connectivity index (χ4n) is 2.59. The second-order valence-electron chi connectivity index (χ2n) is 6.24. The number of nitrogens with one attached hydrogen (secondary N) is 1. The first-order valence-electron chi connectivity index (χ1n) is 8.16. The molecule has 0 unspecified atom stereocenters. The molecule has 0 aromatic heterocycles. The molecule has 0 aliphatic carbocycles. The zero-order chi connectivity index (χ0) is 18.4. The van der Waals surface area contributed by atoms with Crippen molar-refractivity contribution in [3.05, 3.63) is 64.7 Å². The van der Waals surface area contributed by atoms with Gasteiger partial charge in [-0.3, -0.25) is 9.59 Å². The van der Waals surface area contributed by atoms with Crippen molar-refractivity contribution >= 4 is 29.2 Å². The molecular formula is C20H22ClNO3. The lowest BCUT2D eigenvalue weighted by Crippen LogP contribution is -2.26. The van der Waals surface area contributed by atoms with E-state index >= 15 is 0 Å². The molecule has 0 bridgehead atoms. The van der Waals surface area contributed by atoms with Crippen LogP contribution in [0.4, 0.5) is 5.69 Å². The predicted molar refractivity (Wildman–Crippen MR) is 99.8 cm³/mol. The van der Waals surface area contributed by atoms with Gasteiger partial charge in [0.25, 0.3) is 5.91 Å². The van der Waals surface area contributed by atoms with Gasteiger partial charge in [0, 0.05) is 10.7 Å². The first-order chi connectivity index (χ1) is 11.9. The number of esters is 1. The van der Waals surface area contributed by atoms with Gasteiger partial charge in [-0.25, -0.2) is 0 Å². The van der Waals surface area contributed by atoms with Crippen molar-refractivity contribution in [3.8, 4) is 0 Å². The van der Waals surface area contributed by atoms with Crippen molar-refractivity contribution in [3.63, 3.8) is 0 Å². The van der Waals surface area contributed by atoms with Crippen LogP contribution in [0.1, 0.15) is 30.9 Å². The normalized spacial score (nSPS) is 11.9. The SMILES string of the molecule is Cc1ccccc1NC(=O)COC(=O)[C@@H](c1ccc(Cl)cc1)C(C)C. The number of hydrogen-bond acceptors (Lipinski definition) is 3. The van der Waals surface area contributed by atoms with E-state index in [-0.39, 0.29) is 18.4 Å². The Bertz CT molecular complexity index is 741. The summed E-state index contributed by atoms with van der Waals surface area (Å²) in [6.07, 6.45) is 0. The number of rotatable bonds is 6. The zero-order valence-electron chi connectivity index (χ0n) is 14.6. The number of amides is 1. The van der Waals surface area contributed by atoms with Crippen molar-refractivity contribution in [2.45, 2.75) is 26.7 Å². The van der Waals surface area contributed by atoms with Gasteiger partial charge < -0.3 is 10.1 Å². The van der Waals surface area contributed by atoms with E-state index in [0.717, 1.165) is 11.1 Å². The Labute approximate surface area is 153 Å². The maximum atomic E-state index is 12.5. The van der Waals surface area contributed by atoms with Gasteiger partial charge >= 0.3 is 5.97 Å². The lowest BCUT2D eigenvalue weighted by Gasteiger charge is -2.20. The Kier molecular flexibility index (Phi) is 6.59. The summed E-state index contributed by atoms with van der Waals surface area (Å²) in [5.74, 6) is -1.19. The van der Waals surface area contributed by atoms with Crippen LogP contribution in [0.2, 0.25) is 5.02 Å². The van der Waals surface area contributed by atoms with Crippen LogP contribution in [-0.2, 0) is 14.3 Å². The third kappa shape index (κ3) is 5.33. The molecule has 1 atom stereocenters. The van der Waals surface area contributed by atoms with E-state index in [4.69, 9.17) is 16.3 Å². The molecule has 0 saturated heterocycles. The Morgan fingerprint density at radius 3 is 2.32 bits per heavy atom. The third-order valence-corrected chi connectivity index (χ3v) is 4.17. The highest BCUT2D eigenvalue weighted by atomic mass is 35.5. The number of aryl methyl sites for hydroxylation is 1. The third-order valence-electron chi connectivity index (χ3n) is 3.91. The summed E-state index contributed by atoms with van der Waals surface area (Å²) >= 11 is 5.90. The summed E-state index contributed by atoms with van der Waals surface area (Å²) in [6.45, 7) is 5.46. The van der Waals surface area contributed by atoms with Crippen LogP contribution in [0, 0.1) is 12.8 Å². The molecule has 0 saturated carbocycles. The van der Waals surface area contributed by atoms with E-state index in [9.17, 15) is 9.59 Å². The number of halogens is 1. The Morgan fingerprint density at radius 2 is 1.72 bits per heavy atom. The molecule has 132 valence electrons. The molecule has 0 aliphatic heterocycles. The topological polar surface area (TPSA) is 55.4 Å². The van der Waals surface area contributed by atoms with Crippen LogP contribution in [0.5, 0.6) is 0 Å². The number of ether oxygens (including phenoxy) is 1. The summed E-state index contributed by atoms with van der Waals surface area (Å²) in [7, 11) is 0. The number of hydrogen-bond donors (Lipinski definition) is 1. The van der Waals surface area contributed by atoms with Gasteiger partial charge in [0.1, 0.15) is 0 Å². The molecule has 1 amide bonds. The Hall–Kier alpha value is -2.33. The zero-order valence-corrected chi connectivity index (χ0v) is 15.3. The maximum Gasteiger partial charge on any atom is 0.314 e. The number of anilines is 1. The van der Waals surface area contributed by atoms with Crippen LogP contribution in [0.25, 0.3) is 0 Å². The van der Waals surface area contributed by atoms with E-state index in [1.54, 1.807) is 18.2 Å². The fraction of sp³-hybridized carbons (Fsp3) is 0.300. The Balaban J connectivity index is 1.98. The van der Waals surface area contributed by atoms with Crippen molar-refractivity contribution in [2.24, 2.45) is 5.92 Å². The predicted octanol–water partition coefficient (Wildman–Crippen LogP) is 4.57. The minimum atomic E-state index is -0.441. The van der Waals surface area contributed by atoms with Gasteiger partial charge in [-0.2, -0.15) is 0 Å². The number of carbonyl (C=O) groups is 2. The second kappa shape index (κ2) is 8.67. The van der Waals surface area contributed by atoms with Gasteiger partial charge in [-0.1, -0.05) is 55.8 Å². The first kappa shape index (κ1) is 19.0. The highest BCUT2D eigenvalue weighted by Gasteiger charge is 2.26. The molecule has 1 N–H and O–H groups in total. The van der Waals surface area contributed by atoms with Crippen LogP contribution < -0.4 is 5.32 Å². The molecule has 5 heteroatoms. The minimum Gasteiger partial charge on any atom is -0.455 e. The van der Waals surface area contributed by atoms with E-state index < -0.39 is 11.9 Å². The largest absolute Gasteiger partial charge is 0.455 e. The molecule has 0 aliphatic rings. The molecule has 2 aromatic carbocycles. The van der Waals surface area contributed by atoms with Crippen LogP contribution in [0.15, 0.2) is 48.5 Å². The lowest BCUT2D eigenvalue weighted by atomic mass is 9.88. The minimum absolute atomic E-state index is 0.0353. The highest BCUT2D eigenvalue weighted by Crippen LogP contribution is 2.27. The highest BCUT2D eigenvalue weighted by molar-refractivity contribution is 6.30. The molecule has 0 fully saturated rings. The van der Waals surface area contributed by atoms with E-state index in [1.165, 1.54) is 0 Å². The Morgan fingerprint density at radius 1 is 1.08 bits per heavy atom. The molecular weight excluding hydrogens is 338 g/mol. The van der Waals surface area contributed by atoms with E-state index in [1.807, 2.05) is 51.1 Å². The van der Waals surface area contributed by atoms with Crippen molar-refractivity contribution in [2.75, 3.05) is 11.9 Å². The molecule has 2 aromatic rings. The van der Waals surface area contributed by atoms with Crippen molar-refractivity contribution < 1.29 is 14.3 Å². The molecule has 25 heavy (non-hydrogen) atoms. The molecule has 0 heterocycles. The summed E-state index contributed by atoms with van der Waals surface area (Å²) in [4.78, 5) is 24.5. The van der Waals surface area contributed by atoms with Gasteiger partial charge in [0.2, 0.25) is 0 Å². The van der Waals surface area contributed by atoms with Gasteiger partial charge in [0.05, 0.1) is 5.92 Å². The van der Waals surface area contributed by atoms with Gasteiger partial charge in [0.15, 0.2) is 6.61 Å². The van der Waals surface area contributed by atoms with Gasteiger partial charge in [-0.15, -0.1) is 0 Å². The average molecular weight is 360 g/mol. The summed E-state index contributed by atoms with van der Waals surface area (Å²) in [6, 6.07) is 14.5. The summed E-state index contributed by atoms with van der Waals surface area (Å²) in [5, 5.41) is 3.36. The number of carbonyl (C=O) groups excluding carboxylic acids is 2. The lowest BCUT2D eigenvalue weighted by molar-refractivity contribution is -0.149. The van der Waals surface area contributed by atoms with E-state index in [2.05, 4.69) is 5.32 Å². The van der Waals surface area contributed by atoms with Crippen molar-refractivity contribution in [1.29, 1.82) is 0 Å². The van der Waals surface area contributed by atoms with Crippen LogP contribution in [0.3, 0.4) is 0 Å². The molecule has 2 rings (SSSR count). The monoisotopic (exact) mass is 359 g/mol. The standard InChI is InChI=1S/C20H22ClNO3/c1-13(2)19(15-8-10-16(21)11-9-15)20(24)25-12-18(23)22-17-7-5-4-6-14(17)3/h4-11,13,19H,12H2,1-3H3,(H,22,23)/t19-/m1/s1. The van der Waals surface area contributed by atoms with E-state index in [0.29, 0.717) is 10.7 Å². The smallest absolute Gasteiger partial charge is 0.314 e. The maximum absolute atomic E-state index is 12.5. The van der Waals surface area contributed by atoms with Gasteiger partial charge in [-0.05, 0) is 42.2 Å². The molecule has 0 radical (unpaired) electrons. The quantitative estimate of drug-likeness (QED) is 0.768. The molecule has 0 spiro atoms. The fourth-order valence-corrected chi connectivity index (χ4v) is 2.72. The average Bonchev–Trinajstić information content (AvgIpc) is 2.57. The second-order valence-corrected chi connectivity index (χ2v) is 6.68. The summed E-state index contributed by atoms with van der Waals surface area (Å²) < 4.78 is 5.24. The molecule has 4 nitrogen and oxygen atoms in total.